The van der Waals surface area contributed by atoms with Crippen molar-refractivity contribution in [2.75, 3.05) is 7.11 Å². The van der Waals surface area contributed by atoms with Crippen molar-refractivity contribution in [3.05, 3.63) is 11.6 Å². The number of carbonyl (C=O) groups excluding carboxylic acids is 1. The predicted octanol–water partition coefficient (Wildman–Crippen LogP) is 2.81. The van der Waals surface area contributed by atoms with Crippen molar-refractivity contribution in [3.63, 3.8) is 0 Å². The minimum absolute atomic E-state index is 0.161. The highest BCUT2D eigenvalue weighted by Gasteiger charge is 2.46. The van der Waals surface area contributed by atoms with Crippen LogP contribution in [0.4, 0.5) is 0 Å². The highest BCUT2D eigenvalue weighted by atomic mass is 16.5. The van der Waals surface area contributed by atoms with Crippen LogP contribution in [0.1, 0.15) is 75.2 Å². The molecule has 8 heteroatoms. The van der Waals surface area contributed by atoms with Crippen LogP contribution in [0.25, 0.3) is 0 Å². The minimum atomic E-state index is -1.78. The number of aliphatic hydroxyl groups excluding tert-OH is 3. The van der Waals surface area contributed by atoms with E-state index in [1.807, 2.05) is 19.9 Å². The topological polar surface area (TPSA) is 145 Å². The molecule has 0 unspecified atom stereocenters. The molecule has 0 aliphatic heterocycles. The first-order valence-electron chi connectivity index (χ1n) is 12.0. The molecule has 0 saturated carbocycles. The largest absolute Gasteiger partial charge is 0.481 e. The first-order chi connectivity index (χ1) is 15.3. The molecule has 0 spiro atoms. The van der Waals surface area contributed by atoms with Crippen LogP contribution in [-0.2, 0) is 14.3 Å². The lowest BCUT2D eigenvalue weighted by Gasteiger charge is -2.41. The SMILES string of the molecule is CO[C@H]([C@H](C)[C@H](O)CC(=O)O)C(C)(C)C(=O)[C@H](C)C[C@H](C)[C@H](O)[C@@](C)(O)[C@H](O)[C@@H](C)C=C(C)C. The van der Waals surface area contributed by atoms with E-state index in [9.17, 15) is 30.0 Å². The van der Waals surface area contributed by atoms with Crippen molar-refractivity contribution in [1.82, 2.24) is 0 Å². The highest BCUT2D eigenvalue weighted by molar-refractivity contribution is 5.86. The minimum Gasteiger partial charge on any atom is -0.481 e. The van der Waals surface area contributed by atoms with Gasteiger partial charge in [-0.15, -0.1) is 0 Å². The van der Waals surface area contributed by atoms with Crippen LogP contribution in [0.15, 0.2) is 11.6 Å². The van der Waals surface area contributed by atoms with E-state index in [1.54, 1.807) is 41.5 Å². The Bertz CT molecular complexity index is 695. The smallest absolute Gasteiger partial charge is 0.305 e. The number of carboxylic acids is 1. The molecule has 0 radical (unpaired) electrons. The molecule has 0 fully saturated rings. The number of ether oxygens (including phenoxy) is 1. The van der Waals surface area contributed by atoms with Crippen molar-refractivity contribution in [2.45, 2.75) is 105 Å². The number of methoxy groups -OCH3 is 1. The Morgan fingerprint density at radius 2 is 1.47 bits per heavy atom. The van der Waals surface area contributed by atoms with Crippen LogP contribution in [0.5, 0.6) is 0 Å². The Labute approximate surface area is 205 Å². The predicted molar refractivity (Wildman–Crippen MR) is 131 cm³/mol. The summed E-state index contributed by atoms with van der Waals surface area (Å²) in [4.78, 5) is 24.4. The lowest BCUT2D eigenvalue weighted by Crippen LogP contribution is -2.55. The second kappa shape index (κ2) is 13.1. The van der Waals surface area contributed by atoms with Gasteiger partial charge in [-0.3, -0.25) is 9.59 Å². The molecule has 0 aromatic heterocycles. The number of hydrogen-bond donors (Lipinski definition) is 5. The third-order valence-corrected chi connectivity index (χ3v) is 7.07. The van der Waals surface area contributed by atoms with Gasteiger partial charge < -0.3 is 30.3 Å². The van der Waals surface area contributed by atoms with E-state index in [0.717, 1.165) is 5.57 Å². The van der Waals surface area contributed by atoms with Crippen LogP contribution in [0.2, 0.25) is 0 Å². The van der Waals surface area contributed by atoms with Crippen molar-refractivity contribution < 1.29 is 39.9 Å². The highest BCUT2D eigenvalue weighted by Crippen LogP contribution is 2.37. The number of aliphatic hydroxyl groups is 4. The molecule has 0 amide bonds. The summed E-state index contributed by atoms with van der Waals surface area (Å²) in [5, 5.41) is 51.7. The van der Waals surface area contributed by atoms with Gasteiger partial charge >= 0.3 is 5.97 Å². The van der Waals surface area contributed by atoms with E-state index < -0.39 is 65.6 Å². The lowest BCUT2D eigenvalue weighted by atomic mass is 9.69. The van der Waals surface area contributed by atoms with Crippen LogP contribution in [-0.4, -0.2) is 74.4 Å². The molecule has 0 saturated heterocycles. The summed E-state index contributed by atoms with van der Waals surface area (Å²) < 4.78 is 5.55. The maximum absolute atomic E-state index is 13.4. The number of carboxylic acid groups (broad SMARTS) is 1. The third-order valence-electron chi connectivity index (χ3n) is 7.07. The Hall–Kier alpha value is -1.32. The van der Waals surface area contributed by atoms with E-state index >= 15 is 0 Å². The number of hydrogen-bond acceptors (Lipinski definition) is 7. The van der Waals surface area contributed by atoms with Gasteiger partial charge in [-0.1, -0.05) is 53.2 Å². The number of allylic oxidation sites excluding steroid dienone is 1. The van der Waals surface area contributed by atoms with Gasteiger partial charge in [0.25, 0.3) is 0 Å². The van der Waals surface area contributed by atoms with E-state index in [-0.39, 0.29) is 18.1 Å². The summed E-state index contributed by atoms with van der Waals surface area (Å²) in [6, 6.07) is 0. The number of rotatable bonds is 15. The average molecular weight is 489 g/mol. The van der Waals surface area contributed by atoms with E-state index in [2.05, 4.69) is 0 Å². The number of ketones is 1. The second-order valence-corrected chi connectivity index (χ2v) is 11.1. The first-order valence-corrected chi connectivity index (χ1v) is 12.0. The summed E-state index contributed by atoms with van der Waals surface area (Å²) in [5.41, 5.74) is -1.84. The van der Waals surface area contributed by atoms with Gasteiger partial charge in [-0.2, -0.15) is 0 Å². The zero-order valence-corrected chi connectivity index (χ0v) is 22.6. The van der Waals surface area contributed by atoms with Crippen LogP contribution in [0.3, 0.4) is 0 Å². The maximum atomic E-state index is 13.4. The van der Waals surface area contributed by atoms with Gasteiger partial charge in [-0.25, -0.2) is 0 Å². The van der Waals surface area contributed by atoms with E-state index in [4.69, 9.17) is 9.84 Å². The standard InChI is InChI=1S/C26H48O8/c1-14(2)11-15(3)22(31)26(9,33)23(32)17(5)12-16(4)21(30)25(7,8)24(34-10)18(6)19(27)13-20(28)29/h11,15-19,22-24,27,31-33H,12-13H2,1-10H3,(H,28,29)/t15-,16+,17-,18+,19+,22+,23-,24+,26-/m0/s1. The molecule has 5 N–H and O–H groups in total. The molecule has 0 bridgehead atoms. The summed E-state index contributed by atoms with van der Waals surface area (Å²) >= 11 is 0. The molecule has 34 heavy (non-hydrogen) atoms. The van der Waals surface area contributed by atoms with Crippen molar-refractivity contribution in [1.29, 1.82) is 0 Å². The number of aliphatic carboxylic acids is 1. The van der Waals surface area contributed by atoms with Crippen LogP contribution in [0, 0.1) is 29.1 Å². The first kappa shape index (κ1) is 32.7. The monoisotopic (exact) mass is 488 g/mol. The molecule has 0 heterocycles. The quantitative estimate of drug-likeness (QED) is 0.221. The van der Waals surface area contributed by atoms with Crippen LogP contribution < -0.4 is 0 Å². The molecule has 0 aliphatic carbocycles. The third kappa shape index (κ3) is 8.41. The summed E-state index contributed by atoms with van der Waals surface area (Å²) in [6.07, 6.45) is -2.74. The average Bonchev–Trinajstić information content (AvgIpc) is 2.70. The molecule has 0 aliphatic rings. The number of Topliss-reactive ketones (excluding diaryl/α,β-unsaturated/α-hetero) is 1. The van der Waals surface area contributed by atoms with Crippen molar-refractivity contribution in [3.8, 4) is 0 Å². The molecule has 0 aromatic rings. The van der Waals surface area contributed by atoms with Gasteiger partial charge in [0.15, 0.2) is 0 Å². The molecule has 8 nitrogen and oxygen atoms in total. The molecular weight excluding hydrogens is 440 g/mol. The Morgan fingerprint density at radius 1 is 0.971 bits per heavy atom. The van der Waals surface area contributed by atoms with Gasteiger partial charge in [0.05, 0.1) is 36.3 Å². The summed E-state index contributed by atoms with van der Waals surface area (Å²) in [6.45, 7) is 15.5. The fourth-order valence-electron chi connectivity index (χ4n) is 5.20. The molecule has 0 aromatic carbocycles. The fourth-order valence-corrected chi connectivity index (χ4v) is 5.20. The molecule has 9 atom stereocenters. The second-order valence-electron chi connectivity index (χ2n) is 11.1. The fraction of sp³-hybridized carbons (Fsp3) is 0.846. The zero-order chi connectivity index (χ0) is 27.2. The van der Waals surface area contributed by atoms with Gasteiger partial charge in [0, 0.05) is 24.9 Å². The molecule has 200 valence electrons. The maximum Gasteiger partial charge on any atom is 0.305 e. The summed E-state index contributed by atoms with van der Waals surface area (Å²) in [7, 11) is 1.42. The Morgan fingerprint density at radius 3 is 1.88 bits per heavy atom. The zero-order valence-electron chi connectivity index (χ0n) is 22.6. The van der Waals surface area contributed by atoms with E-state index in [1.165, 1.54) is 14.0 Å². The van der Waals surface area contributed by atoms with E-state index in [0.29, 0.717) is 0 Å². The van der Waals surface area contributed by atoms with Gasteiger partial charge in [0.2, 0.25) is 0 Å². The lowest BCUT2D eigenvalue weighted by molar-refractivity contribution is -0.163. The molecule has 0 rings (SSSR count). The van der Waals surface area contributed by atoms with Crippen molar-refractivity contribution in [2.24, 2.45) is 29.1 Å². The Kier molecular flexibility index (Phi) is 12.6. The van der Waals surface area contributed by atoms with Crippen molar-refractivity contribution >= 4 is 11.8 Å². The molecular formula is C26H48O8. The van der Waals surface area contributed by atoms with Gasteiger partial charge in [-0.05, 0) is 33.1 Å². The summed E-state index contributed by atoms with van der Waals surface area (Å²) in [5.74, 6) is -3.31. The van der Waals surface area contributed by atoms with Crippen LogP contribution >= 0.6 is 0 Å². The number of carbonyl (C=O) groups is 2. The normalized spacial score (nSPS) is 21.2. The van der Waals surface area contributed by atoms with Gasteiger partial charge in [0.1, 0.15) is 11.4 Å². The Balaban J connectivity index is 5.51.